The summed E-state index contributed by atoms with van der Waals surface area (Å²) in [6.07, 6.45) is 3.64. The van der Waals surface area contributed by atoms with Crippen molar-refractivity contribution in [1.29, 1.82) is 0 Å². The second kappa shape index (κ2) is 6.00. The van der Waals surface area contributed by atoms with E-state index in [4.69, 9.17) is 10.5 Å². The van der Waals surface area contributed by atoms with Crippen LogP contribution in [0.5, 0.6) is 0 Å². The molecule has 0 aliphatic rings. The Labute approximate surface area is 112 Å². The van der Waals surface area contributed by atoms with Gasteiger partial charge in [0.05, 0.1) is 11.3 Å². The molecule has 0 saturated heterocycles. The van der Waals surface area contributed by atoms with Crippen molar-refractivity contribution in [3.05, 3.63) is 17.2 Å². The molecule has 100 valence electrons. The molecule has 0 spiro atoms. The van der Waals surface area contributed by atoms with Gasteiger partial charge in [-0.3, -0.25) is 0 Å². The molecule has 1 aromatic rings. The molecule has 4 nitrogen and oxygen atoms in total. The maximum Gasteiger partial charge on any atom is 0.340 e. The average Bonchev–Trinajstić information content (AvgIpc) is 2.63. The minimum Gasteiger partial charge on any atom is -0.456 e. The van der Waals surface area contributed by atoms with Gasteiger partial charge in [0, 0.05) is 5.38 Å². The van der Waals surface area contributed by atoms with Crippen molar-refractivity contribution in [2.45, 2.75) is 46.1 Å². The van der Waals surface area contributed by atoms with E-state index in [0.29, 0.717) is 16.4 Å². The van der Waals surface area contributed by atoms with E-state index in [1.807, 2.05) is 26.8 Å². The molecule has 0 atom stereocenters. The van der Waals surface area contributed by atoms with Crippen LogP contribution in [-0.4, -0.2) is 16.6 Å². The second-order valence-electron chi connectivity index (χ2n) is 4.98. The Bertz CT molecular complexity index is 444. The van der Waals surface area contributed by atoms with Crippen LogP contribution in [0.1, 0.15) is 46.2 Å². The molecule has 1 heterocycles. The Morgan fingerprint density at radius 3 is 2.67 bits per heavy atom. The topological polar surface area (TPSA) is 65.2 Å². The maximum atomic E-state index is 12.1. The number of unbranched alkanes of at least 4 members (excludes halogenated alkanes) is 1. The third-order valence-electron chi connectivity index (χ3n) is 2.05. The van der Waals surface area contributed by atoms with Crippen LogP contribution in [0.4, 0.5) is 5.13 Å². The molecule has 1 rings (SSSR count). The van der Waals surface area contributed by atoms with Gasteiger partial charge in [-0.05, 0) is 27.2 Å². The van der Waals surface area contributed by atoms with Gasteiger partial charge in [0.15, 0.2) is 5.13 Å². The van der Waals surface area contributed by atoms with Crippen LogP contribution < -0.4 is 5.73 Å². The summed E-state index contributed by atoms with van der Waals surface area (Å²) in [5, 5.41) is 2.23. The Morgan fingerprint density at radius 2 is 2.22 bits per heavy atom. The molecule has 0 bridgehead atoms. The highest BCUT2D eigenvalue weighted by Gasteiger charge is 2.22. The minimum atomic E-state index is -0.510. The standard InChI is InChI=1S/C13H20N2O2S/c1-5-6-7-9(10-8-18-12(14)15-10)11(16)17-13(2,3)4/h7-8H,5-6H2,1-4H3,(H2,14,15). The van der Waals surface area contributed by atoms with Crippen molar-refractivity contribution >= 4 is 28.0 Å². The third kappa shape index (κ3) is 4.49. The normalized spacial score (nSPS) is 12.6. The summed E-state index contributed by atoms with van der Waals surface area (Å²) < 4.78 is 5.38. The first-order chi connectivity index (χ1) is 8.33. The number of carbonyl (C=O) groups is 1. The number of carbonyl (C=O) groups excluding carboxylic acids is 1. The SMILES string of the molecule is CCCC=C(C(=O)OC(C)(C)C)c1csc(N)n1. The van der Waals surface area contributed by atoms with Crippen molar-refractivity contribution in [2.75, 3.05) is 5.73 Å². The molecule has 18 heavy (non-hydrogen) atoms. The second-order valence-corrected chi connectivity index (χ2v) is 5.87. The van der Waals surface area contributed by atoms with E-state index < -0.39 is 5.60 Å². The Balaban J connectivity index is 2.96. The number of nitrogens with two attached hydrogens (primary N) is 1. The van der Waals surface area contributed by atoms with Crippen LogP contribution in [0.25, 0.3) is 5.57 Å². The van der Waals surface area contributed by atoms with E-state index in [1.54, 1.807) is 5.38 Å². The molecular weight excluding hydrogens is 248 g/mol. The van der Waals surface area contributed by atoms with E-state index >= 15 is 0 Å². The molecule has 0 radical (unpaired) electrons. The lowest BCUT2D eigenvalue weighted by Gasteiger charge is -2.20. The summed E-state index contributed by atoms with van der Waals surface area (Å²) in [5.41, 5.74) is 6.19. The highest BCUT2D eigenvalue weighted by Crippen LogP contribution is 2.23. The molecule has 2 N–H and O–H groups in total. The largest absolute Gasteiger partial charge is 0.456 e. The van der Waals surface area contributed by atoms with Gasteiger partial charge in [-0.25, -0.2) is 9.78 Å². The number of allylic oxidation sites excluding steroid dienone is 1. The molecular formula is C13H20N2O2S. The van der Waals surface area contributed by atoms with Gasteiger partial charge < -0.3 is 10.5 Å². The molecule has 0 aliphatic heterocycles. The van der Waals surface area contributed by atoms with Crippen molar-refractivity contribution in [3.8, 4) is 0 Å². The quantitative estimate of drug-likeness (QED) is 0.672. The molecule has 0 aromatic carbocycles. The Morgan fingerprint density at radius 1 is 1.56 bits per heavy atom. The first-order valence-corrected chi connectivity index (χ1v) is 6.86. The molecule has 0 unspecified atom stereocenters. The first-order valence-electron chi connectivity index (χ1n) is 5.98. The maximum absolute atomic E-state index is 12.1. The zero-order valence-electron chi connectivity index (χ0n) is 11.3. The van der Waals surface area contributed by atoms with Crippen LogP contribution in [0.2, 0.25) is 0 Å². The fourth-order valence-electron chi connectivity index (χ4n) is 1.33. The predicted molar refractivity (Wildman–Crippen MR) is 75.3 cm³/mol. The number of ether oxygens (including phenoxy) is 1. The third-order valence-corrected chi connectivity index (χ3v) is 2.73. The summed E-state index contributed by atoms with van der Waals surface area (Å²) in [6, 6.07) is 0. The number of thiazole rings is 1. The van der Waals surface area contributed by atoms with Gasteiger partial charge in [-0.15, -0.1) is 11.3 Å². The number of rotatable bonds is 4. The van der Waals surface area contributed by atoms with E-state index in [-0.39, 0.29) is 5.97 Å². The fourth-order valence-corrected chi connectivity index (χ4v) is 1.89. The lowest BCUT2D eigenvalue weighted by atomic mass is 10.1. The molecule has 0 saturated carbocycles. The molecule has 5 heteroatoms. The van der Waals surface area contributed by atoms with Gasteiger partial charge in [0.1, 0.15) is 5.60 Å². The van der Waals surface area contributed by atoms with Crippen LogP contribution in [0.15, 0.2) is 11.5 Å². The number of anilines is 1. The number of esters is 1. The summed E-state index contributed by atoms with van der Waals surface area (Å²) in [5.74, 6) is -0.346. The van der Waals surface area contributed by atoms with Gasteiger partial charge in [0.2, 0.25) is 0 Å². The summed E-state index contributed by atoms with van der Waals surface area (Å²) >= 11 is 1.32. The highest BCUT2D eigenvalue weighted by atomic mass is 32.1. The van der Waals surface area contributed by atoms with E-state index in [1.165, 1.54) is 11.3 Å². The molecule has 0 fully saturated rings. The Hall–Kier alpha value is -1.36. The van der Waals surface area contributed by atoms with Crippen molar-refractivity contribution in [2.24, 2.45) is 0 Å². The van der Waals surface area contributed by atoms with Gasteiger partial charge in [-0.1, -0.05) is 19.4 Å². The lowest BCUT2D eigenvalue weighted by molar-refractivity contribution is -0.147. The monoisotopic (exact) mass is 268 g/mol. The highest BCUT2D eigenvalue weighted by molar-refractivity contribution is 7.13. The van der Waals surface area contributed by atoms with Crippen LogP contribution in [-0.2, 0) is 9.53 Å². The summed E-state index contributed by atoms with van der Waals surface area (Å²) in [4.78, 5) is 16.2. The summed E-state index contributed by atoms with van der Waals surface area (Å²) in [7, 11) is 0. The van der Waals surface area contributed by atoms with Crippen molar-refractivity contribution < 1.29 is 9.53 Å². The zero-order chi connectivity index (χ0) is 13.8. The summed E-state index contributed by atoms with van der Waals surface area (Å²) in [6.45, 7) is 7.59. The zero-order valence-corrected chi connectivity index (χ0v) is 12.1. The minimum absolute atomic E-state index is 0.346. The molecule has 1 aromatic heterocycles. The number of hydrogen-bond donors (Lipinski definition) is 1. The predicted octanol–water partition coefficient (Wildman–Crippen LogP) is 3.25. The van der Waals surface area contributed by atoms with Gasteiger partial charge >= 0.3 is 5.97 Å². The fraction of sp³-hybridized carbons (Fsp3) is 0.538. The number of nitrogens with zero attached hydrogens (tertiary/aromatic N) is 1. The van der Waals surface area contributed by atoms with Crippen molar-refractivity contribution in [3.63, 3.8) is 0 Å². The lowest BCUT2D eigenvalue weighted by Crippen LogP contribution is -2.24. The first kappa shape index (κ1) is 14.7. The average molecular weight is 268 g/mol. The van der Waals surface area contributed by atoms with E-state index in [2.05, 4.69) is 11.9 Å². The van der Waals surface area contributed by atoms with E-state index in [9.17, 15) is 4.79 Å². The molecule has 0 amide bonds. The van der Waals surface area contributed by atoms with Crippen LogP contribution >= 0.6 is 11.3 Å². The van der Waals surface area contributed by atoms with Crippen LogP contribution in [0, 0.1) is 0 Å². The molecule has 0 aliphatic carbocycles. The van der Waals surface area contributed by atoms with Gasteiger partial charge in [0.25, 0.3) is 0 Å². The van der Waals surface area contributed by atoms with E-state index in [0.717, 1.165) is 12.8 Å². The Kier molecular flexibility index (Phi) is 4.90. The number of aromatic nitrogens is 1. The number of nitrogen functional groups attached to an aromatic ring is 1. The van der Waals surface area contributed by atoms with Crippen LogP contribution in [0.3, 0.4) is 0 Å². The van der Waals surface area contributed by atoms with Gasteiger partial charge in [-0.2, -0.15) is 0 Å². The smallest absolute Gasteiger partial charge is 0.340 e. The number of hydrogen-bond acceptors (Lipinski definition) is 5. The van der Waals surface area contributed by atoms with Crippen molar-refractivity contribution in [1.82, 2.24) is 4.98 Å².